The number of carbonyl (C=O) groups excluding carboxylic acids is 1. The van der Waals surface area contributed by atoms with E-state index in [0.717, 1.165) is 57.4 Å². The zero-order chi connectivity index (χ0) is 21.2. The molecule has 31 heavy (non-hydrogen) atoms. The molecule has 154 valence electrons. The number of hydrogen-bond acceptors (Lipinski definition) is 5. The molecule has 0 aromatic carbocycles. The Kier molecular flexibility index (Phi) is 4.87. The van der Waals surface area contributed by atoms with E-state index in [1.54, 1.807) is 24.8 Å². The molecule has 5 aromatic rings. The first-order chi connectivity index (χ1) is 15.2. The second-order valence-corrected chi connectivity index (χ2v) is 7.43. The number of fused-ring (bicyclic) bond motifs is 2. The smallest absolute Gasteiger partial charge is 0.224 e. The minimum absolute atomic E-state index is 0.00578. The summed E-state index contributed by atoms with van der Waals surface area (Å²) in [5.41, 5.74) is 5.57. The van der Waals surface area contributed by atoms with Crippen molar-refractivity contribution in [2.24, 2.45) is 0 Å². The molecule has 0 aliphatic heterocycles. The molecule has 1 amide bonds. The molecule has 0 aliphatic carbocycles. The molecule has 0 saturated carbocycles. The van der Waals surface area contributed by atoms with Crippen molar-refractivity contribution in [1.29, 1.82) is 0 Å². The van der Waals surface area contributed by atoms with Gasteiger partial charge in [-0.15, -0.1) is 0 Å². The lowest BCUT2D eigenvalue weighted by Crippen LogP contribution is -2.11. The van der Waals surface area contributed by atoms with Crippen molar-refractivity contribution in [3.63, 3.8) is 0 Å². The van der Waals surface area contributed by atoms with Gasteiger partial charge in [-0.1, -0.05) is 13.3 Å². The van der Waals surface area contributed by atoms with Crippen LogP contribution in [0, 0.1) is 0 Å². The van der Waals surface area contributed by atoms with Crippen molar-refractivity contribution < 1.29 is 4.79 Å². The van der Waals surface area contributed by atoms with Gasteiger partial charge in [0.1, 0.15) is 11.3 Å². The summed E-state index contributed by atoms with van der Waals surface area (Å²) in [7, 11) is 0. The molecule has 3 N–H and O–H groups in total. The number of pyridine rings is 3. The summed E-state index contributed by atoms with van der Waals surface area (Å²) in [4.78, 5) is 28.6. The Bertz CT molecular complexity index is 1350. The zero-order valence-electron chi connectivity index (χ0n) is 17.0. The van der Waals surface area contributed by atoms with Crippen molar-refractivity contribution in [2.45, 2.75) is 26.2 Å². The molecule has 0 saturated heterocycles. The van der Waals surface area contributed by atoms with Crippen LogP contribution >= 0.6 is 0 Å². The Hall–Kier alpha value is -4.07. The maximum absolute atomic E-state index is 12.1. The highest BCUT2D eigenvalue weighted by Crippen LogP contribution is 2.30. The Morgan fingerprint density at radius 2 is 2.06 bits per heavy atom. The zero-order valence-corrected chi connectivity index (χ0v) is 17.0. The number of unbranched alkanes of at least 4 members (excludes halogenated alkanes) is 1. The van der Waals surface area contributed by atoms with Crippen LogP contribution in [0.15, 0.2) is 55.1 Å². The van der Waals surface area contributed by atoms with Crippen LogP contribution in [0.25, 0.3) is 44.6 Å². The standard InChI is InChI=1S/C23H21N7O/c1-2-3-6-21(31)27-16-8-15(11-24-12-16)18-10-17-20(13-26-18)29-30-22(17)19-9-14-5-4-7-25-23(14)28-19/h4-5,7-13H,2-3,6H2,1H3,(H,25,28)(H,27,31)(H,29,30). The van der Waals surface area contributed by atoms with Crippen molar-refractivity contribution >= 4 is 33.5 Å². The molecule has 8 heteroatoms. The fraction of sp³-hybridized carbons (Fsp3) is 0.174. The van der Waals surface area contributed by atoms with Gasteiger partial charge in [0.2, 0.25) is 5.91 Å². The van der Waals surface area contributed by atoms with E-state index in [1.165, 1.54) is 0 Å². The van der Waals surface area contributed by atoms with Crippen LogP contribution in [0.5, 0.6) is 0 Å². The van der Waals surface area contributed by atoms with Crippen LogP contribution in [-0.2, 0) is 4.79 Å². The molecule has 0 bridgehead atoms. The van der Waals surface area contributed by atoms with E-state index in [9.17, 15) is 4.79 Å². The van der Waals surface area contributed by atoms with Crippen LogP contribution in [0.2, 0.25) is 0 Å². The molecule has 0 spiro atoms. The van der Waals surface area contributed by atoms with Gasteiger partial charge in [-0.25, -0.2) is 4.98 Å². The molecule has 8 nitrogen and oxygen atoms in total. The molecule has 5 rings (SSSR count). The number of carbonyl (C=O) groups is 1. The van der Waals surface area contributed by atoms with E-state index in [2.05, 4.69) is 42.4 Å². The predicted molar refractivity (Wildman–Crippen MR) is 120 cm³/mol. The lowest BCUT2D eigenvalue weighted by Gasteiger charge is -2.07. The summed E-state index contributed by atoms with van der Waals surface area (Å²) >= 11 is 0. The van der Waals surface area contributed by atoms with Gasteiger partial charge in [-0.3, -0.25) is 19.9 Å². The molecule has 0 aliphatic rings. The monoisotopic (exact) mass is 411 g/mol. The van der Waals surface area contributed by atoms with E-state index in [0.29, 0.717) is 12.1 Å². The summed E-state index contributed by atoms with van der Waals surface area (Å²) in [6.07, 6.45) is 9.25. The maximum Gasteiger partial charge on any atom is 0.224 e. The topological polar surface area (TPSA) is 112 Å². The van der Waals surface area contributed by atoms with Crippen molar-refractivity contribution in [3.8, 4) is 22.6 Å². The van der Waals surface area contributed by atoms with Gasteiger partial charge in [0.15, 0.2) is 0 Å². The molecule has 5 aromatic heterocycles. The van der Waals surface area contributed by atoms with E-state index in [-0.39, 0.29) is 5.91 Å². The van der Waals surface area contributed by atoms with Crippen LogP contribution in [0.4, 0.5) is 5.69 Å². The molecule has 0 atom stereocenters. The Morgan fingerprint density at radius 1 is 1.13 bits per heavy atom. The van der Waals surface area contributed by atoms with Gasteiger partial charge in [0, 0.05) is 35.2 Å². The highest BCUT2D eigenvalue weighted by atomic mass is 16.1. The predicted octanol–water partition coefficient (Wildman–Crippen LogP) is 4.69. The SMILES string of the molecule is CCCCC(=O)Nc1cncc(-c2cc3c(-c4cc5cccnc5[nH]4)n[nH]c3cn2)c1. The van der Waals surface area contributed by atoms with Crippen molar-refractivity contribution in [1.82, 2.24) is 30.1 Å². The third-order valence-corrected chi connectivity index (χ3v) is 5.17. The molecular weight excluding hydrogens is 390 g/mol. The van der Waals surface area contributed by atoms with E-state index >= 15 is 0 Å². The summed E-state index contributed by atoms with van der Waals surface area (Å²) in [5.74, 6) is -0.00578. The fourth-order valence-corrected chi connectivity index (χ4v) is 3.57. The van der Waals surface area contributed by atoms with Crippen LogP contribution in [0.1, 0.15) is 26.2 Å². The average Bonchev–Trinajstić information content (AvgIpc) is 3.41. The molecule has 0 fully saturated rings. The fourth-order valence-electron chi connectivity index (χ4n) is 3.57. The van der Waals surface area contributed by atoms with Gasteiger partial charge in [-0.05, 0) is 36.8 Å². The van der Waals surface area contributed by atoms with Crippen LogP contribution in [-0.4, -0.2) is 36.0 Å². The molecule has 0 unspecified atom stereocenters. The third-order valence-electron chi connectivity index (χ3n) is 5.17. The first-order valence-electron chi connectivity index (χ1n) is 10.2. The molecular formula is C23H21N7O. The number of aromatic nitrogens is 6. The van der Waals surface area contributed by atoms with Gasteiger partial charge >= 0.3 is 0 Å². The Morgan fingerprint density at radius 3 is 2.94 bits per heavy atom. The number of hydrogen-bond donors (Lipinski definition) is 3. The highest BCUT2D eigenvalue weighted by Gasteiger charge is 2.14. The lowest BCUT2D eigenvalue weighted by molar-refractivity contribution is -0.116. The number of nitrogens with zero attached hydrogens (tertiary/aromatic N) is 4. The summed E-state index contributed by atoms with van der Waals surface area (Å²) in [6, 6.07) is 9.82. The summed E-state index contributed by atoms with van der Waals surface area (Å²) < 4.78 is 0. The minimum atomic E-state index is -0.00578. The molecule has 0 radical (unpaired) electrons. The van der Waals surface area contributed by atoms with E-state index < -0.39 is 0 Å². The molecule has 5 heterocycles. The number of nitrogens with one attached hydrogen (secondary N) is 3. The second kappa shape index (κ2) is 7.98. The minimum Gasteiger partial charge on any atom is -0.338 e. The summed E-state index contributed by atoms with van der Waals surface area (Å²) in [6.45, 7) is 2.06. The number of H-pyrrole nitrogens is 2. The van der Waals surface area contributed by atoms with Crippen LogP contribution < -0.4 is 5.32 Å². The lowest BCUT2D eigenvalue weighted by atomic mass is 10.1. The maximum atomic E-state index is 12.1. The van der Waals surface area contributed by atoms with Crippen molar-refractivity contribution in [3.05, 3.63) is 55.1 Å². The highest BCUT2D eigenvalue weighted by molar-refractivity contribution is 5.96. The van der Waals surface area contributed by atoms with Crippen molar-refractivity contribution in [2.75, 3.05) is 5.32 Å². The average molecular weight is 411 g/mol. The van der Waals surface area contributed by atoms with Gasteiger partial charge in [-0.2, -0.15) is 5.10 Å². The summed E-state index contributed by atoms with van der Waals surface area (Å²) in [5, 5.41) is 12.4. The van der Waals surface area contributed by atoms with Gasteiger partial charge < -0.3 is 10.3 Å². The second-order valence-electron chi connectivity index (χ2n) is 7.43. The first kappa shape index (κ1) is 18.9. The van der Waals surface area contributed by atoms with E-state index in [4.69, 9.17) is 0 Å². The number of amides is 1. The third kappa shape index (κ3) is 3.75. The largest absolute Gasteiger partial charge is 0.338 e. The van der Waals surface area contributed by atoms with Gasteiger partial charge in [0.05, 0.1) is 35.0 Å². The first-order valence-corrected chi connectivity index (χ1v) is 10.2. The number of aromatic amines is 2. The Balaban J connectivity index is 1.49. The van der Waals surface area contributed by atoms with E-state index in [1.807, 2.05) is 30.3 Å². The van der Waals surface area contributed by atoms with Gasteiger partial charge in [0.25, 0.3) is 0 Å². The number of rotatable bonds is 6. The number of anilines is 1. The normalized spacial score (nSPS) is 11.3. The van der Waals surface area contributed by atoms with Crippen LogP contribution in [0.3, 0.4) is 0 Å². The quantitative estimate of drug-likeness (QED) is 0.375. The Labute approximate surface area is 178 Å².